The van der Waals surface area contributed by atoms with E-state index in [-0.39, 0.29) is 11.6 Å². The van der Waals surface area contributed by atoms with E-state index in [4.69, 9.17) is 19.6 Å². The Labute approximate surface area is 183 Å². The number of benzene rings is 2. The predicted molar refractivity (Wildman–Crippen MR) is 120 cm³/mol. The fraction of sp³-hybridized carbons (Fsp3) is 0.458. The first-order valence-electron chi connectivity index (χ1n) is 10.6. The zero-order valence-electron chi connectivity index (χ0n) is 18.8. The molecule has 0 aromatic heterocycles. The number of nitrogens with zero attached hydrogens (tertiary/aromatic N) is 2. The van der Waals surface area contributed by atoms with E-state index in [1.807, 2.05) is 4.90 Å². The van der Waals surface area contributed by atoms with Gasteiger partial charge in [-0.15, -0.1) is 0 Å². The molecular formula is C24H30FN3O3. The minimum atomic E-state index is -0.529. The standard InChI is InChI=1S/C24H30FN3O3/c1-14(2)17-10-15(11-18-22(17)31-9-8-27(18)3)6-7-28-13-16-12-19(29-4)23(30-5)21(25)20(16)24(28)26/h10-12,14,26H,6-9,13H2,1-5H3. The van der Waals surface area contributed by atoms with Crippen LogP contribution < -0.4 is 19.1 Å². The first-order valence-corrected chi connectivity index (χ1v) is 10.6. The van der Waals surface area contributed by atoms with Crippen LogP contribution in [-0.4, -0.2) is 51.7 Å². The molecule has 0 bridgehead atoms. The predicted octanol–water partition coefficient (Wildman–Crippen LogP) is 4.18. The van der Waals surface area contributed by atoms with Crippen molar-refractivity contribution in [2.45, 2.75) is 32.7 Å². The highest BCUT2D eigenvalue weighted by Gasteiger charge is 2.31. The minimum Gasteiger partial charge on any atom is -0.493 e. The largest absolute Gasteiger partial charge is 0.493 e. The van der Waals surface area contributed by atoms with Crippen LogP contribution in [0.3, 0.4) is 0 Å². The number of ether oxygens (including phenoxy) is 3. The highest BCUT2D eigenvalue weighted by Crippen LogP contribution is 2.40. The van der Waals surface area contributed by atoms with E-state index >= 15 is 0 Å². The molecule has 2 aromatic carbocycles. The molecule has 2 heterocycles. The van der Waals surface area contributed by atoms with Crippen LogP contribution in [-0.2, 0) is 13.0 Å². The van der Waals surface area contributed by atoms with Gasteiger partial charge < -0.3 is 24.0 Å². The lowest BCUT2D eigenvalue weighted by molar-refractivity contribution is 0.306. The van der Waals surface area contributed by atoms with Crippen LogP contribution in [0.2, 0.25) is 0 Å². The molecule has 7 heteroatoms. The summed E-state index contributed by atoms with van der Waals surface area (Å²) in [6.07, 6.45) is 0.757. The van der Waals surface area contributed by atoms with Crippen molar-refractivity contribution in [2.24, 2.45) is 0 Å². The molecule has 0 unspecified atom stereocenters. The summed E-state index contributed by atoms with van der Waals surface area (Å²) in [6, 6.07) is 6.16. The average Bonchev–Trinajstić information content (AvgIpc) is 3.07. The van der Waals surface area contributed by atoms with Gasteiger partial charge in [0.2, 0.25) is 0 Å². The van der Waals surface area contributed by atoms with E-state index in [1.54, 1.807) is 6.07 Å². The molecule has 2 aliphatic rings. The lowest BCUT2D eigenvalue weighted by Gasteiger charge is -2.31. The maximum Gasteiger partial charge on any atom is 0.197 e. The van der Waals surface area contributed by atoms with Crippen LogP contribution in [0.25, 0.3) is 0 Å². The minimum absolute atomic E-state index is 0.0483. The Morgan fingerprint density at radius 2 is 1.97 bits per heavy atom. The molecule has 31 heavy (non-hydrogen) atoms. The zero-order valence-corrected chi connectivity index (χ0v) is 18.8. The molecule has 0 saturated heterocycles. The zero-order chi connectivity index (χ0) is 22.3. The number of methoxy groups -OCH3 is 2. The van der Waals surface area contributed by atoms with Crippen molar-refractivity contribution in [1.82, 2.24) is 4.90 Å². The van der Waals surface area contributed by atoms with Crippen molar-refractivity contribution in [1.29, 1.82) is 5.41 Å². The Morgan fingerprint density at radius 3 is 2.65 bits per heavy atom. The lowest BCUT2D eigenvalue weighted by Crippen LogP contribution is -2.30. The number of likely N-dealkylation sites (N-methyl/N-ethyl adjacent to an activating group) is 1. The first-order chi connectivity index (χ1) is 14.8. The normalized spacial score (nSPS) is 15.1. The Morgan fingerprint density at radius 1 is 1.19 bits per heavy atom. The van der Waals surface area contributed by atoms with Gasteiger partial charge in [0.15, 0.2) is 17.3 Å². The maximum absolute atomic E-state index is 15.0. The van der Waals surface area contributed by atoms with Gasteiger partial charge in [0.25, 0.3) is 0 Å². The topological polar surface area (TPSA) is 58.0 Å². The van der Waals surface area contributed by atoms with Gasteiger partial charge in [-0.05, 0) is 41.2 Å². The van der Waals surface area contributed by atoms with Gasteiger partial charge in [-0.25, -0.2) is 4.39 Å². The monoisotopic (exact) mass is 427 g/mol. The van der Waals surface area contributed by atoms with Gasteiger partial charge in [0.1, 0.15) is 18.2 Å². The maximum atomic E-state index is 15.0. The molecule has 6 nitrogen and oxygen atoms in total. The van der Waals surface area contributed by atoms with Crippen LogP contribution in [0.1, 0.15) is 42.0 Å². The fourth-order valence-electron chi connectivity index (χ4n) is 4.39. The molecule has 0 atom stereocenters. The Hall–Kier alpha value is -2.96. The van der Waals surface area contributed by atoms with Crippen molar-refractivity contribution in [3.63, 3.8) is 0 Å². The second-order valence-electron chi connectivity index (χ2n) is 8.44. The second kappa shape index (κ2) is 8.29. The average molecular weight is 428 g/mol. The van der Waals surface area contributed by atoms with E-state index < -0.39 is 5.82 Å². The van der Waals surface area contributed by atoms with E-state index in [1.165, 1.54) is 25.3 Å². The van der Waals surface area contributed by atoms with E-state index in [0.717, 1.165) is 30.0 Å². The fourth-order valence-corrected chi connectivity index (χ4v) is 4.39. The van der Waals surface area contributed by atoms with E-state index in [9.17, 15) is 4.39 Å². The van der Waals surface area contributed by atoms with Crippen molar-refractivity contribution in [3.05, 3.63) is 46.3 Å². The summed E-state index contributed by atoms with van der Waals surface area (Å²) in [5.41, 5.74) is 4.58. The van der Waals surface area contributed by atoms with Crippen LogP contribution in [0.15, 0.2) is 18.2 Å². The van der Waals surface area contributed by atoms with Crippen molar-refractivity contribution < 1.29 is 18.6 Å². The third-order valence-corrected chi connectivity index (χ3v) is 6.14. The van der Waals surface area contributed by atoms with Gasteiger partial charge in [0, 0.05) is 20.1 Å². The van der Waals surface area contributed by atoms with E-state index in [0.29, 0.717) is 36.9 Å². The van der Waals surface area contributed by atoms with Gasteiger partial charge in [-0.3, -0.25) is 5.41 Å². The van der Waals surface area contributed by atoms with Gasteiger partial charge in [-0.1, -0.05) is 19.9 Å². The van der Waals surface area contributed by atoms with Crippen LogP contribution in [0.5, 0.6) is 17.2 Å². The number of rotatable bonds is 6. The summed E-state index contributed by atoms with van der Waals surface area (Å²) in [7, 11) is 4.99. The smallest absolute Gasteiger partial charge is 0.197 e. The summed E-state index contributed by atoms with van der Waals surface area (Å²) in [4.78, 5) is 4.14. The number of amidine groups is 1. The summed E-state index contributed by atoms with van der Waals surface area (Å²) < 4.78 is 31.4. The molecule has 4 rings (SSSR count). The molecule has 2 aliphatic heterocycles. The third-order valence-electron chi connectivity index (χ3n) is 6.14. The van der Waals surface area contributed by atoms with Gasteiger partial charge >= 0.3 is 0 Å². The molecule has 0 radical (unpaired) electrons. The Kier molecular flexibility index (Phi) is 5.69. The van der Waals surface area contributed by atoms with E-state index in [2.05, 4.69) is 37.9 Å². The molecular weight excluding hydrogens is 397 g/mol. The molecule has 2 aromatic rings. The molecule has 0 amide bonds. The number of halogens is 1. The molecule has 1 N–H and O–H groups in total. The molecule has 0 spiro atoms. The third kappa shape index (κ3) is 3.66. The molecule has 0 fully saturated rings. The number of hydrogen-bond acceptors (Lipinski definition) is 5. The molecule has 0 aliphatic carbocycles. The highest BCUT2D eigenvalue weighted by molar-refractivity contribution is 6.01. The Balaban J connectivity index is 1.57. The summed E-state index contributed by atoms with van der Waals surface area (Å²) in [6.45, 7) is 7.02. The number of anilines is 1. The van der Waals surface area contributed by atoms with Crippen LogP contribution in [0.4, 0.5) is 10.1 Å². The number of fused-ring (bicyclic) bond motifs is 2. The van der Waals surface area contributed by atoms with Crippen LogP contribution >= 0.6 is 0 Å². The molecule has 166 valence electrons. The SMILES string of the molecule is COc1cc2c(c(F)c1OC)C(=N)N(CCc1cc(C(C)C)c3c(c1)N(C)CCO3)C2. The lowest BCUT2D eigenvalue weighted by atomic mass is 9.96. The molecule has 0 saturated carbocycles. The van der Waals surface area contributed by atoms with Crippen molar-refractivity contribution in [2.75, 3.05) is 45.9 Å². The number of hydrogen-bond donors (Lipinski definition) is 1. The quantitative estimate of drug-likeness (QED) is 0.750. The highest BCUT2D eigenvalue weighted by atomic mass is 19.1. The van der Waals surface area contributed by atoms with Gasteiger partial charge in [-0.2, -0.15) is 0 Å². The Bertz CT molecular complexity index is 1000. The van der Waals surface area contributed by atoms with Crippen molar-refractivity contribution >= 4 is 11.5 Å². The first kappa shape index (κ1) is 21.3. The summed E-state index contributed by atoms with van der Waals surface area (Å²) in [5, 5.41) is 8.55. The second-order valence-corrected chi connectivity index (χ2v) is 8.44. The summed E-state index contributed by atoms with van der Waals surface area (Å²) in [5.74, 6) is 1.40. The summed E-state index contributed by atoms with van der Waals surface area (Å²) >= 11 is 0. The van der Waals surface area contributed by atoms with Crippen LogP contribution in [0, 0.1) is 11.2 Å². The van der Waals surface area contributed by atoms with Crippen molar-refractivity contribution in [3.8, 4) is 17.2 Å². The van der Waals surface area contributed by atoms with Gasteiger partial charge in [0.05, 0.1) is 32.0 Å². The number of nitrogens with one attached hydrogen (secondary N) is 1.